The highest BCUT2D eigenvalue weighted by Crippen LogP contribution is 2.32. The minimum atomic E-state index is -5.15. The molecule has 0 aromatic rings. The van der Waals surface area contributed by atoms with Gasteiger partial charge < -0.3 is 9.47 Å². The van der Waals surface area contributed by atoms with Crippen LogP contribution in [0.4, 0.5) is 52.7 Å². The highest BCUT2D eigenvalue weighted by molar-refractivity contribution is 7.33. The van der Waals surface area contributed by atoms with Gasteiger partial charge in [-0.1, -0.05) is 0 Å². The van der Waals surface area contributed by atoms with Crippen molar-refractivity contribution in [2.45, 2.75) is 62.6 Å². The molecule has 0 spiro atoms. The van der Waals surface area contributed by atoms with Gasteiger partial charge in [-0.3, -0.25) is 13.6 Å². The third kappa shape index (κ3) is 19.7. The number of hydrogen-bond donors (Lipinski definition) is 0. The zero-order valence-corrected chi connectivity index (χ0v) is 17.3. The molecule has 202 valence electrons. The fraction of sp³-hybridized carbons (Fsp3) is 0.857. The summed E-state index contributed by atoms with van der Waals surface area (Å²) in [5.41, 5.74) is 0. The van der Waals surface area contributed by atoms with E-state index in [4.69, 9.17) is 0 Å². The van der Waals surface area contributed by atoms with Crippen LogP contribution >= 0.6 is 8.25 Å². The van der Waals surface area contributed by atoms with Crippen molar-refractivity contribution in [3.05, 3.63) is 0 Å². The van der Waals surface area contributed by atoms with E-state index in [1.807, 2.05) is 0 Å². The molecule has 34 heavy (non-hydrogen) atoms. The average molecular weight is 554 g/mol. The van der Waals surface area contributed by atoms with E-state index in [1.165, 1.54) is 0 Å². The Morgan fingerprint density at radius 2 is 0.794 bits per heavy atom. The Morgan fingerprint density at radius 1 is 0.559 bits per heavy atom. The Labute approximate surface area is 182 Å². The molecule has 0 aromatic heterocycles. The maximum atomic E-state index is 12.3. The molecule has 0 rings (SSSR count). The molecule has 0 aromatic carbocycles. The molecule has 0 atom stereocenters. The van der Waals surface area contributed by atoms with Gasteiger partial charge in [-0.2, -0.15) is 52.7 Å². The van der Waals surface area contributed by atoms with Crippen LogP contribution in [-0.4, -0.2) is 62.1 Å². The highest BCUT2D eigenvalue weighted by atomic mass is 31.1. The lowest BCUT2D eigenvalue weighted by molar-refractivity contribution is -0.201. The Morgan fingerprint density at radius 3 is 1.00 bits per heavy atom. The normalized spacial score (nSPS) is 13.6. The molecule has 0 heterocycles. The first-order valence-corrected chi connectivity index (χ1v) is 9.72. The van der Waals surface area contributed by atoms with Gasteiger partial charge in [0.15, 0.2) is 13.2 Å². The Balaban J connectivity index is 4.64. The quantitative estimate of drug-likeness (QED) is 0.190. The van der Waals surface area contributed by atoms with E-state index in [9.17, 15) is 66.8 Å². The van der Waals surface area contributed by atoms with Crippen LogP contribution < -0.4 is 0 Å². The van der Waals surface area contributed by atoms with E-state index >= 15 is 0 Å². The van der Waals surface area contributed by atoms with Crippen LogP contribution in [0.3, 0.4) is 0 Å². The van der Waals surface area contributed by atoms with Gasteiger partial charge in [0.1, 0.15) is 12.2 Å². The van der Waals surface area contributed by atoms with Crippen molar-refractivity contribution in [1.29, 1.82) is 0 Å². The summed E-state index contributed by atoms with van der Waals surface area (Å²) in [6.07, 6.45) is -34.7. The second kappa shape index (κ2) is 12.8. The second-order valence-electron chi connectivity index (χ2n) is 6.33. The van der Waals surface area contributed by atoms with Gasteiger partial charge in [0.2, 0.25) is 0 Å². The van der Waals surface area contributed by atoms with Crippen molar-refractivity contribution in [3.8, 4) is 0 Å². The van der Waals surface area contributed by atoms with Crippen molar-refractivity contribution in [2.24, 2.45) is 0 Å². The third-order valence-electron chi connectivity index (χ3n) is 3.05. The summed E-state index contributed by atoms with van der Waals surface area (Å²) >= 11 is 0. The topological polar surface area (TPSA) is 88.1 Å². The van der Waals surface area contributed by atoms with Crippen LogP contribution in [0.5, 0.6) is 0 Å². The molecule has 0 aliphatic carbocycles. The molecule has 0 N–H and O–H groups in total. The smallest absolute Gasteiger partial charge is 0.392 e. The van der Waals surface area contributed by atoms with Crippen LogP contribution in [0.2, 0.25) is 0 Å². The first-order chi connectivity index (χ1) is 15.0. The number of esters is 2. The number of halogens is 12. The molecule has 0 radical (unpaired) electrons. The lowest BCUT2D eigenvalue weighted by Crippen LogP contribution is -2.31. The number of alkyl halides is 12. The van der Waals surface area contributed by atoms with Gasteiger partial charge in [0.25, 0.3) is 0 Å². The van der Waals surface area contributed by atoms with Gasteiger partial charge >= 0.3 is 44.9 Å². The molecule has 0 amide bonds. The Kier molecular flexibility index (Phi) is 12.1. The zero-order valence-electron chi connectivity index (χ0n) is 16.3. The number of carbonyl (C=O) groups is 2. The third-order valence-corrected chi connectivity index (χ3v) is 3.81. The van der Waals surface area contributed by atoms with E-state index < -0.39 is 96.0 Å². The zero-order chi connectivity index (χ0) is 27.0. The predicted molar refractivity (Wildman–Crippen MR) is 83.4 cm³/mol. The lowest BCUT2D eigenvalue weighted by Gasteiger charge is -2.21. The van der Waals surface area contributed by atoms with Crippen LogP contribution in [0, 0.1) is 0 Å². The van der Waals surface area contributed by atoms with Gasteiger partial charge in [-0.25, -0.2) is 9.59 Å². The van der Waals surface area contributed by atoms with Gasteiger partial charge in [-0.05, 0) is 0 Å². The minimum Gasteiger partial charge on any atom is -0.460 e. The standard InChI is InChI=1S/C14H15F12O7P/c15-11(16,17)1-7(2-12(18,19)20)32-9(27)5-30-34(29)31-6-10(28)33-8(3-13(21,22)23)4-14(24,25)26/h7-8,34H,1-6H2. The summed E-state index contributed by atoms with van der Waals surface area (Å²) in [6.45, 7) is -3.05. The fourth-order valence-electron chi connectivity index (χ4n) is 2.06. The highest BCUT2D eigenvalue weighted by Gasteiger charge is 2.42. The first-order valence-electron chi connectivity index (χ1n) is 8.50. The van der Waals surface area contributed by atoms with E-state index in [0.29, 0.717) is 0 Å². The molecule has 20 heteroatoms. The molecular weight excluding hydrogens is 539 g/mol. The largest absolute Gasteiger partial charge is 0.460 e. The van der Waals surface area contributed by atoms with Gasteiger partial charge in [-0.15, -0.1) is 0 Å². The predicted octanol–water partition coefficient (Wildman–Crippen LogP) is 5.04. The molecule has 0 fully saturated rings. The monoisotopic (exact) mass is 554 g/mol. The van der Waals surface area contributed by atoms with E-state index in [-0.39, 0.29) is 0 Å². The van der Waals surface area contributed by atoms with Gasteiger partial charge in [0, 0.05) is 0 Å². The fourth-order valence-corrected chi connectivity index (χ4v) is 2.62. The summed E-state index contributed by atoms with van der Waals surface area (Å²) < 4.78 is 175. The van der Waals surface area contributed by atoms with Crippen molar-refractivity contribution in [1.82, 2.24) is 0 Å². The molecule has 0 aliphatic heterocycles. The summed E-state index contributed by atoms with van der Waals surface area (Å²) in [7, 11) is -3.93. The minimum absolute atomic E-state index is 1.52. The molecule has 0 unspecified atom stereocenters. The number of hydrogen-bond acceptors (Lipinski definition) is 7. The van der Waals surface area contributed by atoms with E-state index in [1.54, 1.807) is 0 Å². The number of carbonyl (C=O) groups excluding carboxylic acids is 2. The van der Waals surface area contributed by atoms with Crippen molar-refractivity contribution >= 4 is 20.2 Å². The van der Waals surface area contributed by atoms with Gasteiger partial charge in [0.05, 0.1) is 25.7 Å². The lowest BCUT2D eigenvalue weighted by atomic mass is 10.2. The molecule has 0 bridgehead atoms. The molecule has 0 saturated heterocycles. The van der Waals surface area contributed by atoms with Crippen molar-refractivity contribution in [2.75, 3.05) is 13.2 Å². The van der Waals surface area contributed by atoms with Crippen LogP contribution in [0.25, 0.3) is 0 Å². The van der Waals surface area contributed by atoms with E-state index in [2.05, 4.69) is 18.5 Å². The van der Waals surface area contributed by atoms with Crippen LogP contribution in [0.1, 0.15) is 25.7 Å². The number of rotatable bonds is 12. The number of ether oxygens (including phenoxy) is 2. The van der Waals surface area contributed by atoms with Crippen LogP contribution in [-0.2, 0) is 32.7 Å². The molecule has 0 saturated carbocycles. The maximum absolute atomic E-state index is 12.3. The Hall–Kier alpha value is -1.75. The summed E-state index contributed by atoms with van der Waals surface area (Å²) in [6, 6.07) is 0. The van der Waals surface area contributed by atoms with Crippen molar-refractivity contribution in [3.63, 3.8) is 0 Å². The summed E-state index contributed by atoms with van der Waals surface area (Å²) in [5.74, 6) is -3.70. The van der Waals surface area contributed by atoms with Crippen LogP contribution in [0.15, 0.2) is 0 Å². The average Bonchev–Trinajstić information content (AvgIpc) is 2.51. The Bertz CT molecular complexity index is 598. The molecular formula is C14H15F12O7P. The second-order valence-corrected chi connectivity index (χ2v) is 7.41. The molecule has 0 aliphatic rings. The summed E-state index contributed by atoms with van der Waals surface area (Å²) in [4.78, 5) is 22.6. The maximum Gasteiger partial charge on any atom is 0.392 e. The van der Waals surface area contributed by atoms with Crippen molar-refractivity contribution < 1.29 is 85.4 Å². The first kappa shape index (κ1) is 32.2. The van der Waals surface area contributed by atoms with E-state index in [0.717, 1.165) is 0 Å². The SMILES string of the molecule is O=C(CO[PH](=O)OCC(=O)OC(CC(F)(F)F)CC(F)(F)F)OC(CC(F)(F)F)CC(F)(F)F. The molecule has 7 nitrogen and oxygen atoms in total. The summed E-state index contributed by atoms with van der Waals surface area (Å²) in [5, 5.41) is 0.